The summed E-state index contributed by atoms with van der Waals surface area (Å²) < 4.78 is 13.9. The summed E-state index contributed by atoms with van der Waals surface area (Å²) in [5.74, 6) is -0.769. The molecule has 21 heavy (non-hydrogen) atoms. The number of nitrogens with one attached hydrogen (secondary N) is 1. The maximum Gasteiger partial charge on any atom is 0.237 e. The quantitative estimate of drug-likeness (QED) is 0.750. The van der Waals surface area contributed by atoms with E-state index in [1.165, 1.54) is 6.07 Å². The van der Waals surface area contributed by atoms with Gasteiger partial charge in [-0.3, -0.25) is 4.79 Å². The van der Waals surface area contributed by atoms with Gasteiger partial charge in [-0.2, -0.15) is 0 Å². The topological polar surface area (TPSA) is 55.1 Å². The average molecular weight is 310 g/mol. The number of rotatable bonds is 7. The Labute approximate surface area is 131 Å². The number of aryl methyl sites for hydroxylation is 1. The van der Waals surface area contributed by atoms with Crippen molar-refractivity contribution in [3.63, 3.8) is 0 Å². The first kappa shape index (κ1) is 17.6. The first-order valence-electron chi connectivity index (χ1n) is 7.25. The molecule has 3 nitrogen and oxygen atoms in total. The van der Waals surface area contributed by atoms with E-state index in [1.807, 2.05) is 13.8 Å². The van der Waals surface area contributed by atoms with Crippen molar-refractivity contribution in [3.05, 3.63) is 29.6 Å². The predicted molar refractivity (Wildman–Crippen MR) is 88.8 cm³/mol. The molecule has 1 rings (SSSR count). The third-order valence-corrected chi connectivity index (χ3v) is 4.02. The lowest BCUT2D eigenvalue weighted by Gasteiger charge is -2.31. The summed E-state index contributed by atoms with van der Waals surface area (Å²) in [6.45, 7) is 5.74. The average Bonchev–Trinajstić information content (AvgIpc) is 2.41. The molecule has 0 unspecified atom stereocenters. The van der Waals surface area contributed by atoms with Crippen molar-refractivity contribution in [1.29, 1.82) is 0 Å². The highest BCUT2D eigenvalue weighted by atomic mass is 32.1. The number of carbonyl (C=O) groups is 1. The molecule has 0 bridgehead atoms. The summed E-state index contributed by atoms with van der Waals surface area (Å²) in [7, 11) is 0. The number of benzene rings is 1. The maximum atomic E-state index is 13.9. The molecule has 0 spiro atoms. The second-order valence-electron chi connectivity index (χ2n) is 5.38. The minimum Gasteiger partial charge on any atom is -0.392 e. The van der Waals surface area contributed by atoms with Gasteiger partial charge in [-0.25, -0.2) is 4.39 Å². The SMILES string of the molecule is CCCC(CCC)(C(=O)Nc1ccc(C)cc1F)C(N)=S. The van der Waals surface area contributed by atoms with Gasteiger partial charge in [-0.15, -0.1) is 0 Å². The number of anilines is 1. The molecular formula is C16H23FN2OS. The summed E-state index contributed by atoms with van der Waals surface area (Å²) in [4.78, 5) is 12.8. The molecule has 0 atom stereocenters. The zero-order valence-corrected chi connectivity index (χ0v) is 13.6. The Bertz CT molecular complexity index is 525. The predicted octanol–water partition coefficient (Wildman–Crippen LogP) is 3.95. The van der Waals surface area contributed by atoms with E-state index < -0.39 is 11.2 Å². The van der Waals surface area contributed by atoms with E-state index >= 15 is 0 Å². The normalized spacial score (nSPS) is 11.2. The molecule has 116 valence electrons. The van der Waals surface area contributed by atoms with Crippen LogP contribution in [0, 0.1) is 18.2 Å². The van der Waals surface area contributed by atoms with Crippen molar-refractivity contribution in [1.82, 2.24) is 0 Å². The zero-order chi connectivity index (χ0) is 16.0. The van der Waals surface area contributed by atoms with Crippen LogP contribution < -0.4 is 11.1 Å². The first-order chi connectivity index (χ1) is 9.87. The van der Waals surface area contributed by atoms with E-state index in [-0.39, 0.29) is 16.6 Å². The highest BCUT2D eigenvalue weighted by molar-refractivity contribution is 7.80. The molecule has 0 aliphatic heterocycles. The molecule has 1 aromatic rings. The summed E-state index contributed by atoms with van der Waals surface area (Å²) in [6.07, 6.45) is 2.69. The fraction of sp³-hybridized carbons (Fsp3) is 0.500. The van der Waals surface area contributed by atoms with Crippen LogP contribution in [0.1, 0.15) is 45.1 Å². The number of hydrogen-bond donors (Lipinski definition) is 2. The molecule has 1 amide bonds. The number of halogens is 1. The van der Waals surface area contributed by atoms with Crippen LogP contribution in [0.5, 0.6) is 0 Å². The van der Waals surface area contributed by atoms with Crippen molar-refractivity contribution >= 4 is 28.8 Å². The molecule has 1 aromatic carbocycles. The van der Waals surface area contributed by atoms with Crippen molar-refractivity contribution < 1.29 is 9.18 Å². The molecule has 0 aliphatic carbocycles. The lowest BCUT2D eigenvalue weighted by Crippen LogP contribution is -2.46. The number of nitrogens with two attached hydrogens (primary N) is 1. The lowest BCUT2D eigenvalue weighted by atomic mass is 9.78. The van der Waals surface area contributed by atoms with Crippen LogP contribution in [0.15, 0.2) is 18.2 Å². The van der Waals surface area contributed by atoms with Crippen molar-refractivity contribution in [2.24, 2.45) is 11.1 Å². The van der Waals surface area contributed by atoms with E-state index in [2.05, 4.69) is 5.32 Å². The molecule has 0 radical (unpaired) electrons. The molecule has 5 heteroatoms. The monoisotopic (exact) mass is 310 g/mol. The van der Waals surface area contributed by atoms with Crippen LogP contribution in [-0.4, -0.2) is 10.9 Å². The van der Waals surface area contributed by atoms with Gasteiger partial charge in [-0.05, 0) is 37.5 Å². The van der Waals surface area contributed by atoms with Crippen LogP contribution in [0.25, 0.3) is 0 Å². The van der Waals surface area contributed by atoms with Crippen molar-refractivity contribution in [2.75, 3.05) is 5.32 Å². The minimum absolute atomic E-state index is 0.165. The highest BCUT2D eigenvalue weighted by Gasteiger charge is 2.40. The van der Waals surface area contributed by atoms with Crippen LogP contribution in [0.3, 0.4) is 0 Å². The summed E-state index contributed by atoms with van der Waals surface area (Å²) in [5, 5.41) is 2.65. The third-order valence-electron chi connectivity index (χ3n) is 3.63. The van der Waals surface area contributed by atoms with Gasteiger partial charge in [0.05, 0.1) is 16.1 Å². The van der Waals surface area contributed by atoms with Gasteiger partial charge in [0.1, 0.15) is 5.82 Å². The van der Waals surface area contributed by atoms with Gasteiger partial charge in [-0.1, -0.05) is 45.0 Å². The molecular weight excluding hydrogens is 287 g/mol. The van der Waals surface area contributed by atoms with Crippen LogP contribution in [0.2, 0.25) is 0 Å². The number of amides is 1. The Kier molecular flexibility index (Phi) is 6.27. The summed E-state index contributed by atoms with van der Waals surface area (Å²) in [5.41, 5.74) is 5.90. The second-order valence-corrected chi connectivity index (χ2v) is 5.82. The fourth-order valence-corrected chi connectivity index (χ4v) is 2.82. The number of hydrogen-bond acceptors (Lipinski definition) is 2. The van der Waals surface area contributed by atoms with E-state index in [1.54, 1.807) is 19.1 Å². The van der Waals surface area contributed by atoms with Gasteiger partial charge in [0.2, 0.25) is 5.91 Å². The number of carbonyl (C=O) groups excluding carboxylic acids is 1. The molecule has 0 fully saturated rings. The zero-order valence-electron chi connectivity index (χ0n) is 12.8. The molecule has 0 saturated heterocycles. The smallest absolute Gasteiger partial charge is 0.237 e. The molecule has 0 aromatic heterocycles. The Morgan fingerprint density at radius 2 is 1.90 bits per heavy atom. The molecule has 3 N–H and O–H groups in total. The van der Waals surface area contributed by atoms with Crippen LogP contribution in [0.4, 0.5) is 10.1 Å². The Morgan fingerprint density at radius 1 is 1.33 bits per heavy atom. The van der Waals surface area contributed by atoms with Gasteiger partial charge in [0.25, 0.3) is 0 Å². The summed E-state index contributed by atoms with van der Waals surface area (Å²) >= 11 is 5.13. The van der Waals surface area contributed by atoms with Gasteiger partial charge >= 0.3 is 0 Å². The van der Waals surface area contributed by atoms with Gasteiger partial charge in [0.15, 0.2) is 0 Å². The standard InChI is InChI=1S/C16H23FN2OS/c1-4-8-16(9-5-2,14(18)21)15(20)19-13-7-6-11(3)10-12(13)17/h6-7,10H,4-5,8-9H2,1-3H3,(H2,18,21)(H,19,20). The van der Waals surface area contributed by atoms with E-state index in [4.69, 9.17) is 18.0 Å². The van der Waals surface area contributed by atoms with E-state index in [0.717, 1.165) is 18.4 Å². The molecule has 0 saturated carbocycles. The Hall–Kier alpha value is -1.49. The van der Waals surface area contributed by atoms with E-state index in [9.17, 15) is 9.18 Å². The lowest BCUT2D eigenvalue weighted by molar-refractivity contribution is -0.122. The Morgan fingerprint density at radius 3 is 2.33 bits per heavy atom. The Balaban J connectivity index is 3.08. The minimum atomic E-state index is -0.907. The van der Waals surface area contributed by atoms with Gasteiger partial charge < -0.3 is 11.1 Å². The second kappa shape index (κ2) is 7.50. The first-order valence-corrected chi connectivity index (χ1v) is 7.65. The van der Waals surface area contributed by atoms with Crippen molar-refractivity contribution in [2.45, 2.75) is 46.5 Å². The highest BCUT2D eigenvalue weighted by Crippen LogP contribution is 2.32. The van der Waals surface area contributed by atoms with Crippen LogP contribution >= 0.6 is 12.2 Å². The largest absolute Gasteiger partial charge is 0.392 e. The van der Waals surface area contributed by atoms with Gasteiger partial charge in [0, 0.05) is 0 Å². The fourth-order valence-electron chi connectivity index (χ4n) is 2.53. The third kappa shape index (κ3) is 4.00. The summed E-state index contributed by atoms with van der Waals surface area (Å²) in [6, 6.07) is 4.70. The van der Waals surface area contributed by atoms with Crippen molar-refractivity contribution in [3.8, 4) is 0 Å². The molecule has 0 aliphatic rings. The molecule has 0 heterocycles. The van der Waals surface area contributed by atoms with Crippen LogP contribution in [-0.2, 0) is 4.79 Å². The van der Waals surface area contributed by atoms with E-state index in [0.29, 0.717) is 12.8 Å². The maximum absolute atomic E-state index is 13.9. The number of thiocarbonyl (C=S) groups is 1.